The van der Waals surface area contributed by atoms with Crippen LogP contribution in [0.2, 0.25) is 0 Å². The van der Waals surface area contributed by atoms with Crippen molar-refractivity contribution in [3.8, 4) is 0 Å². The minimum Gasteiger partial charge on any atom is -0.310 e. The third kappa shape index (κ3) is 3.78. The van der Waals surface area contributed by atoms with E-state index in [1.165, 1.54) is 34.8 Å². The van der Waals surface area contributed by atoms with E-state index < -0.39 is 0 Å². The zero-order valence-electron chi connectivity index (χ0n) is 10.5. The fourth-order valence-corrected chi connectivity index (χ4v) is 3.98. The average molecular weight is 356 g/mol. The van der Waals surface area contributed by atoms with Crippen molar-refractivity contribution in [2.75, 3.05) is 0 Å². The summed E-state index contributed by atoms with van der Waals surface area (Å²) in [6, 6.07) is 7.26. The molecule has 19 heavy (non-hydrogen) atoms. The van der Waals surface area contributed by atoms with E-state index in [4.69, 9.17) is 0 Å². The van der Waals surface area contributed by atoms with Crippen molar-refractivity contribution in [3.63, 3.8) is 0 Å². The van der Waals surface area contributed by atoms with Crippen LogP contribution in [-0.2, 0) is 6.54 Å². The molecule has 1 heterocycles. The fraction of sp³-hybridized carbons (Fsp3) is 0.385. The molecule has 0 spiro atoms. The summed E-state index contributed by atoms with van der Waals surface area (Å²) in [6.07, 6.45) is 2.65. The Morgan fingerprint density at radius 3 is 2.95 bits per heavy atom. The number of nitrogens with zero attached hydrogens (tertiary/aromatic N) is 2. The number of benzene rings is 1. The van der Waals surface area contributed by atoms with E-state index in [9.17, 15) is 0 Å². The highest BCUT2D eigenvalue weighted by molar-refractivity contribution is 9.10. The van der Waals surface area contributed by atoms with Gasteiger partial charge >= 0.3 is 0 Å². The SMILES string of the molecule is Cc1nsc(Sc2ccc(CNC3CC3)cc2Br)n1. The van der Waals surface area contributed by atoms with E-state index in [-0.39, 0.29) is 0 Å². The lowest BCUT2D eigenvalue weighted by Gasteiger charge is -2.06. The maximum absolute atomic E-state index is 4.37. The van der Waals surface area contributed by atoms with Crippen LogP contribution in [0.15, 0.2) is 31.9 Å². The quantitative estimate of drug-likeness (QED) is 0.878. The highest BCUT2D eigenvalue weighted by atomic mass is 79.9. The Bertz CT molecular complexity index is 581. The number of hydrogen-bond donors (Lipinski definition) is 1. The van der Waals surface area contributed by atoms with Crippen molar-refractivity contribution in [1.29, 1.82) is 0 Å². The Morgan fingerprint density at radius 1 is 1.47 bits per heavy atom. The van der Waals surface area contributed by atoms with Gasteiger partial charge in [0.15, 0.2) is 4.34 Å². The van der Waals surface area contributed by atoms with Gasteiger partial charge in [-0.25, -0.2) is 4.98 Å². The van der Waals surface area contributed by atoms with Gasteiger partial charge in [0.1, 0.15) is 5.82 Å². The van der Waals surface area contributed by atoms with Crippen molar-refractivity contribution in [1.82, 2.24) is 14.7 Å². The van der Waals surface area contributed by atoms with Gasteiger partial charge in [-0.1, -0.05) is 17.8 Å². The third-order valence-corrected chi connectivity index (χ3v) is 5.71. The van der Waals surface area contributed by atoms with Gasteiger partial charge in [0.25, 0.3) is 0 Å². The van der Waals surface area contributed by atoms with E-state index in [0.717, 1.165) is 27.2 Å². The molecule has 2 aromatic rings. The summed E-state index contributed by atoms with van der Waals surface area (Å²) in [5.74, 6) is 0.842. The molecule has 0 radical (unpaired) electrons. The van der Waals surface area contributed by atoms with E-state index in [1.807, 2.05) is 6.92 Å². The molecule has 1 fully saturated rings. The Kier molecular flexibility index (Phi) is 4.21. The average Bonchev–Trinajstić information content (AvgIpc) is 3.13. The highest BCUT2D eigenvalue weighted by Crippen LogP contribution is 2.34. The molecule has 0 unspecified atom stereocenters. The van der Waals surface area contributed by atoms with Gasteiger partial charge in [-0.05, 0) is 64.9 Å². The Labute approximate surface area is 129 Å². The van der Waals surface area contributed by atoms with Crippen molar-refractivity contribution in [2.45, 2.75) is 41.6 Å². The molecule has 3 nitrogen and oxygen atoms in total. The largest absolute Gasteiger partial charge is 0.310 e. The second-order valence-electron chi connectivity index (χ2n) is 4.63. The van der Waals surface area contributed by atoms with Crippen molar-refractivity contribution in [3.05, 3.63) is 34.1 Å². The van der Waals surface area contributed by atoms with Gasteiger partial charge in [0.2, 0.25) is 0 Å². The van der Waals surface area contributed by atoms with Crippen LogP contribution in [0.3, 0.4) is 0 Å². The summed E-state index contributed by atoms with van der Waals surface area (Å²) in [7, 11) is 0. The molecule has 3 rings (SSSR count). The lowest BCUT2D eigenvalue weighted by Crippen LogP contribution is -2.15. The van der Waals surface area contributed by atoms with E-state index in [0.29, 0.717) is 0 Å². The Balaban J connectivity index is 1.67. The normalized spacial score (nSPS) is 14.8. The topological polar surface area (TPSA) is 37.8 Å². The molecular formula is C13H14BrN3S2. The van der Waals surface area contributed by atoms with Crippen molar-refractivity contribution >= 4 is 39.2 Å². The van der Waals surface area contributed by atoms with Gasteiger partial charge in [-0.3, -0.25) is 0 Å². The first-order valence-corrected chi connectivity index (χ1v) is 8.59. The molecule has 0 saturated heterocycles. The first kappa shape index (κ1) is 13.5. The van der Waals surface area contributed by atoms with Gasteiger partial charge < -0.3 is 5.32 Å². The smallest absolute Gasteiger partial charge is 0.174 e. The summed E-state index contributed by atoms with van der Waals surface area (Å²) >= 11 is 6.75. The monoisotopic (exact) mass is 355 g/mol. The first-order valence-electron chi connectivity index (χ1n) is 6.21. The molecule has 6 heteroatoms. The van der Waals surface area contributed by atoms with Gasteiger partial charge in [-0.2, -0.15) is 4.37 Å². The molecule has 1 saturated carbocycles. The Morgan fingerprint density at radius 2 is 2.32 bits per heavy atom. The van der Waals surface area contributed by atoms with Crippen LogP contribution in [0.5, 0.6) is 0 Å². The summed E-state index contributed by atoms with van der Waals surface area (Å²) in [6.45, 7) is 2.87. The number of aromatic nitrogens is 2. The maximum Gasteiger partial charge on any atom is 0.174 e. The summed E-state index contributed by atoms with van der Waals surface area (Å²) in [5, 5.41) is 3.52. The number of aryl methyl sites for hydroxylation is 1. The van der Waals surface area contributed by atoms with E-state index >= 15 is 0 Å². The molecule has 100 valence electrons. The first-order chi connectivity index (χ1) is 9.20. The summed E-state index contributed by atoms with van der Waals surface area (Å²) in [4.78, 5) is 5.56. The second-order valence-corrected chi connectivity index (χ2v) is 7.52. The van der Waals surface area contributed by atoms with E-state index in [2.05, 4.69) is 48.8 Å². The highest BCUT2D eigenvalue weighted by Gasteiger charge is 2.20. The molecule has 0 bridgehead atoms. The number of halogens is 1. The van der Waals surface area contributed by atoms with Crippen molar-refractivity contribution in [2.24, 2.45) is 0 Å². The standard InChI is InChI=1S/C13H14BrN3S2/c1-8-16-13(19-17-8)18-12-5-2-9(6-11(12)14)7-15-10-3-4-10/h2,5-6,10,15H,3-4,7H2,1H3. The molecule has 1 aliphatic carbocycles. The van der Waals surface area contributed by atoms with Crippen LogP contribution < -0.4 is 5.32 Å². The van der Waals surface area contributed by atoms with Gasteiger partial charge in [-0.15, -0.1) is 0 Å². The minimum absolute atomic E-state index is 0.747. The van der Waals surface area contributed by atoms with Crippen LogP contribution in [-0.4, -0.2) is 15.4 Å². The number of nitrogens with one attached hydrogen (secondary N) is 1. The van der Waals surface area contributed by atoms with Gasteiger partial charge in [0.05, 0.1) is 0 Å². The summed E-state index contributed by atoms with van der Waals surface area (Å²) in [5.41, 5.74) is 1.32. The zero-order chi connectivity index (χ0) is 13.2. The van der Waals surface area contributed by atoms with Crippen LogP contribution >= 0.6 is 39.2 Å². The predicted octanol–water partition coefficient (Wildman–Crippen LogP) is 4.01. The fourth-order valence-electron chi connectivity index (χ4n) is 1.70. The lowest BCUT2D eigenvalue weighted by atomic mass is 10.2. The maximum atomic E-state index is 4.37. The second kappa shape index (κ2) is 5.91. The lowest BCUT2D eigenvalue weighted by molar-refractivity contribution is 0.687. The third-order valence-electron chi connectivity index (χ3n) is 2.87. The predicted molar refractivity (Wildman–Crippen MR) is 82.8 cm³/mol. The van der Waals surface area contributed by atoms with Crippen LogP contribution in [0, 0.1) is 6.92 Å². The Hall–Kier alpha value is -0.430. The van der Waals surface area contributed by atoms with Crippen LogP contribution in [0.1, 0.15) is 24.2 Å². The summed E-state index contributed by atoms with van der Waals surface area (Å²) < 4.78 is 6.31. The molecule has 1 N–H and O–H groups in total. The molecule has 0 amide bonds. The molecule has 0 aliphatic heterocycles. The number of rotatable bonds is 5. The number of hydrogen-bond acceptors (Lipinski definition) is 5. The minimum atomic E-state index is 0.747. The molecule has 1 aromatic heterocycles. The molecule has 1 aromatic carbocycles. The van der Waals surface area contributed by atoms with E-state index in [1.54, 1.807) is 11.8 Å². The van der Waals surface area contributed by atoms with Crippen LogP contribution in [0.4, 0.5) is 0 Å². The molecule has 1 aliphatic rings. The van der Waals surface area contributed by atoms with Crippen molar-refractivity contribution < 1.29 is 0 Å². The van der Waals surface area contributed by atoms with Gasteiger partial charge in [0, 0.05) is 22.0 Å². The van der Waals surface area contributed by atoms with Crippen LogP contribution in [0.25, 0.3) is 0 Å². The molecular weight excluding hydrogens is 342 g/mol. The molecule has 0 atom stereocenters. The zero-order valence-corrected chi connectivity index (χ0v) is 13.7.